The molecule has 2 atom stereocenters. The molecule has 0 aromatic heterocycles. The van der Waals surface area contributed by atoms with Crippen molar-refractivity contribution in [3.63, 3.8) is 0 Å². The number of rotatable bonds is 6. The molecule has 0 radical (unpaired) electrons. The van der Waals surface area contributed by atoms with Crippen LogP contribution in [0.15, 0.2) is 24.3 Å². The molecule has 2 unspecified atom stereocenters. The summed E-state index contributed by atoms with van der Waals surface area (Å²) in [6, 6.07) is 7.23. The van der Waals surface area contributed by atoms with E-state index in [1.54, 1.807) is 4.90 Å². The van der Waals surface area contributed by atoms with Crippen molar-refractivity contribution in [3.05, 3.63) is 29.8 Å². The third kappa shape index (κ3) is 7.36. The Morgan fingerprint density at radius 3 is 2.15 bits per heavy atom. The number of piperazine rings is 1. The van der Waals surface area contributed by atoms with Gasteiger partial charge in [-0.25, -0.2) is 4.79 Å². The molecule has 2 aliphatic heterocycles. The van der Waals surface area contributed by atoms with Gasteiger partial charge in [-0.3, -0.25) is 4.79 Å². The molecular formula is C26H41N3O4. The SMILES string of the molecule is CC1CN(C(=O)OC(C)(C)C)CC(C)N1C(=O)c1ccc(OCCCN2CCCCC2)cc1. The number of amides is 2. The monoisotopic (exact) mass is 459 g/mol. The second kappa shape index (κ2) is 11.2. The number of carbonyl (C=O) groups is 2. The molecule has 2 aliphatic rings. The van der Waals surface area contributed by atoms with E-state index >= 15 is 0 Å². The minimum atomic E-state index is -0.534. The average molecular weight is 460 g/mol. The largest absolute Gasteiger partial charge is 0.494 e. The molecule has 1 aromatic carbocycles. The van der Waals surface area contributed by atoms with Gasteiger partial charge in [0, 0.05) is 37.3 Å². The second-order valence-electron chi connectivity index (χ2n) is 10.4. The van der Waals surface area contributed by atoms with E-state index in [2.05, 4.69) is 4.90 Å². The number of benzene rings is 1. The zero-order valence-electron chi connectivity index (χ0n) is 21.0. The average Bonchev–Trinajstić information content (AvgIpc) is 2.76. The number of carbonyl (C=O) groups excluding carboxylic acids is 2. The molecule has 33 heavy (non-hydrogen) atoms. The molecule has 2 amide bonds. The van der Waals surface area contributed by atoms with Crippen LogP contribution >= 0.6 is 0 Å². The lowest BCUT2D eigenvalue weighted by Crippen LogP contribution is -2.60. The molecule has 0 N–H and O–H groups in total. The first kappa shape index (κ1) is 25.3. The highest BCUT2D eigenvalue weighted by Crippen LogP contribution is 2.22. The first-order chi connectivity index (χ1) is 15.6. The normalized spacial score (nSPS) is 22.2. The Labute approximate surface area is 199 Å². The van der Waals surface area contributed by atoms with Gasteiger partial charge in [0.25, 0.3) is 5.91 Å². The Balaban J connectivity index is 1.49. The number of hydrogen-bond donors (Lipinski definition) is 0. The molecular weight excluding hydrogens is 418 g/mol. The highest BCUT2D eigenvalue weighted by atomic mass is 16.6. The maximum atomic E-state index is 13.2. The fourth-order valence-electron chi connectivity index (χ4n) is 4.70. The van der Waals surface area contributed by atoms with Crippen LogP contribution < -0.4 is 4.74 Å². The fourth-order valence-corrected chi connectivity index (χ4v) is 4.70. The third-order valence-corrected chi connectivity index (χ3v) is 6.24. The van der Waals surface area contributed by atoms with Crippen LogP contribution in [0.25, 0.3) is 0 Å². The Morgan fingerprint density at radius 2 is 1.58 bits per heavy atom. The van der Waals surface area contributed by atoms with Gasteiger partial charge in [0.1, 0.15) is 11.4 Å². The Hall–Kier alpha value is -2.28. The van der Waals surface area contributed by atoms with Crippen LogP contribution in [0.4, 0.5) is 4.79 Å². The van der Waals surface area contributed by atoms with Gasteiger partial charge >= 0.3 is 6.09 Å². The van der Waals surface area contributed by atoms with Crippen molar-refractivity contribution >= 4 is 12.0 Å². The Morgan fingerprint density at radius 1 is 0.970 bits per heavy atom. The summed E-state index contributed by atoms with van der Waals surface area (Å²) in [6.45, 7) is 14.6. The van der Waals surface area contributed by atoms with Gasteiger partial charge in [0.15, 0.2) is 0 Å². The quantitative estimate of drug-likeness (QED) is 0.590. The summed E-state index contributed by atoms with van der Waals surface area (Å²) in [5, 5.41) is 0. The van der Waals surface area contributed by atoms with Crippen LogP contribution in [-0.2, 0) is 4.74 Å². The number of hydrogen-bond acceptors (Lipinski definition) is 5. The van der Waals surface area contributed by atoms with Crippen molar-refractivity contribution in [1.82, 2.24) is 14.7 Å². The Bertz CT molecular complexity index is 772. The van der Waals surface area contributed by atoms with E-state index in [0.29, 0.717) is 25.3 Å². The topological polar surface area (TPSA) is 62.3 Å². The van der Waals surface area contributed by atoms with E-state index in [1.165, 1.54) is 32.4 Å². The van der Waals surface area contributed by atoms with E-state index in [-0.39, 0.29) is 24.1 Å². The van der Waals surface area contributed by atoms with Crippen molar-refractivity contribution < 1.29 is 19.1 Å². The van der Waals surface area contributed by atoms with Gasteiger partial charge in [-0.05, 0) is 91.2 Å². The van der Waals surface area contributed by atoms with Crippen molar-refractivity contribution in [2.24, 2.45) is 0 Å². The summed E-state index contributed by atoms with van der Waals surface area (Å²) in [6.07, 6.45) is 4.66. The molecule has 2 fully saturated rings. The van der Waals surface area contributed by atoms with Crippen LogP contribution in [0.2, 0.25) is 0 Å². The summed E-state index contributed by atoms with van der Waals surface area (Å²) in [5.74, 6) is 0.775. The summed E-state index contributed by atoms with van der Waals surface area (Å²) in [7, 11) is 0. The Kier molecular flexibility index (Phi) is 8.63. The molecule has 3 rings (SSSR count). The highest BCUT2D eigenvalue weighted by molar-refractivity contribution is 5.95. The smallest absolute Gasteiger partial charge is 0.410 e. The summed E-state index contributed by atoms with van der Waals surface area (Å²) < 4.78 is 11.4. The molecule has 0 saturated carbocycles. The van der Waals surface area contributed by atoms with Gasteiger partial charge in [-0.1, -0.05) is 6.42 Å². The van der Waals surface area contributed by atoms with Crippen molar-refractivity contribution in [2.75, 3.05) is 39.3 Å². The van der Waals surface area contributed by atoms with E-state index < -0.39 is 5.60 Å². The van der Waals surface area contributed by atoms with Crippen LogP contribution in [0, 0.1) is 0 Å². The molecule has 1 aromatic rings. The maximum absolute atomic E-state index is 13.2. The lowest BCUT2D eigenvalue weighted by molar-refractivity contribution is -0.00488. The number of piperidine rings is 1. The van der Waals surface area contributed by atoms with Crippen LogP contribution in [-0.4, -0.2) is 83.7 Å². The number of nitrogens with zero attached hydrogens (tertiary/aromatic N) is 3. The zero-order chi connectivity index (χ0) is 24.0. The maximum Gasteiger partial charge on any atom is 0.410 e. The van der Waals surface area contributed by atoms with Gasteiger partial charge < -0.3 is 24.2 Å². The zero-order valence-corrected chi connectivity index (χ0v) is 21.0. The number of ether oxygens (including phenoxy) is 2. The van der Waals surface area contributed by atoms with E-state index in [1.807, 2.05) is 63.8 Å². The summed E-state index contributed by atoms with van der Waals surface area (Å²) >= 11 is 0. The van der Waals surface area contributed by atoms with Gasteiger partial charge in [-0.2, -0.15) is 0 Å². The van der Waals surface area contributed by atoms with E-state index in [4.69, 9.17) is 9.47 Å². The highest BCUT2D eigenvalue weighted by Gasteiger charge is 2.36. The lowest BCUT2D eigenvalue weighted by atomic mass is 10.1. The van der Waals surface area contributed by atoms with Crippen LogP contribution in [0.1, 0.15) is 70.7 Å². The third-order valence-electron chi connectivity index (χ3n) is 6.24. The minimum Gasteiger partial charge on any atom is -0.494 e. The van der Waals surface area contributed by atoms with Crippen LogP contribution in [0.3, 0.4) is 0 Å². The molecule has 0 aliphatic carbocycles. The van der Waals surface area contributed by atoms with Crippen LogP contribution in [0.5, 0.6) is 5.75 Å². The van der Waals surface area contributed by atoms with E-state index in [0.717, 1.165) is 18.7 Å². The van der Waals surface area contributed by atoms with Gasteiger partial charge in [0.05, 0.1) is 6.61 Å². The summed E-state index contributed by atoms with van der Waals surface area (Å²) in [5.41, 5.74) is 0.105. The summed E-state index contributed by atoms with van der Waals surface area (Å²) in [4.78, 5) is 31.8. The standard InChI is InChI=1S/C26H41N3O4/c1-20-18-28(25(31)33-26(3,4)5)19-21(2)29(20)24(30)22-10-12-23(13-11-22)32-17-9-16-27-14-7-6-8-15-27/h10-13,20-21H,6-9,14-19H2,1-5H3. The fraction of sp³-hybridized carbons (Fsp3) is 0.692. The van der Waals surface area contributed by atoms with Crippen molar-refractivity contribution in [1.29, 1.82) is 0 Å². The molecule has 7 heteroatoms. The lowest BCUT2D eigenvalue weighted by Gasteiger charge is -2.44. The van der Waals surface area contributed by atoms with Gasteiger partial charge in [-0.15, -0.1) is 0 Å². The predicted octanol–water partition coefficient (Wildman–Crippen LogP) is 4.41. The molecule has 0 bridgehead atoms. The molecule has 2 heterocycles. The molecule has 184 valence electrons. The van der Waals surface area contributed by atoms with Crippen molar-refractivity contribution in [2.45, 2.75) is 78.0 Å². The van der Waals surface area contributed by atoms with Gasteiger partial charge in [0.2, 0.25) is 0 Å². The molecule has 7 nitrogen and oxygen atoms in total. The molecule has 0 spiro atoms. The first-order valence-electron chi connectivity index (χ1n) is 12.4. The second-order valence-corrected chi connectivity index (χ2v) is 10.4. The minimum absolute atomic E-state index is 0.0181. The molecule has 2 saturated heterocycles. The predicted molar refractivity (Wildman–Crippen MR) is 130 cm³/mol. The first-order valence-corrected chi connectivity index (χ1v) is 12.4. The van der Waals surface area contributed by atoms with Crippen molar-refractivity contribution in [3.8, 4) is 5.75 Å². The number of likely N-dealkylation sites (tertiary alicyclic amines) is 1. The van der Waals surface area contributed by atoms with E-state index in [9.17, 15) is 9.59 Å².